The Kier molecular flexibility index (Phi) is 2.97. The van der Waals surface area contributed by atoms with E-state index >= 15 is 0 Å². The number of nitrogens with two attached hydrogens (primary N) is 1. The van der Waals surface area contributed by atoms with Crippen molar-refractivity contribution in [3.63, 3.8) is 0 Å². The lowest BCUT2D eigenvalue weighted by Crippen LogP contribution is -2.28. The highest BCUT2D eigenvalue weighted by molar-refractivity contribution is 5.78. The zero-order chi connectivity index (χ0) is 15.4. The second-order valence-corrected chi connectivity index (χ2v) is 6.44. The van der Waals surface area contributed by atoms with E-state index in [2.05, 4.69) is 4.98 Å². The van der Waals surface area contributed by atoms with Crippen molar-refractivity contribution >= 4 is 16.9 Å². The Hall–Kier alpha value is -1.95. The van der Waals surface area contributed by atoms with Crippen molar-refractivity contribution in [3.05, 3.63) is 33.9 Å². The monoisotopic (exact) mass is 302 g/mol. The van der Waals surface area contributed by atoms with Crippen molar-refractivity contribution in [2.75, 3.05) is 18.0 Å². The molecule has 1 aliphatic carbocycles. The first kappa shape index (κ1) is 13.7. The van der Waals surface area contributed by atoms with E-state index in [1.807, 2.05) is 15.7 Å². The topological polar surface area (TPSA) is 64.2 Å². The summed E-state index contributed by atoms with van der Waals surface area (Å²) in [6.07, 6.45) is 4.86. The van der Waals surface area contributed by atoms with Crippen LogP contribution >= 0.6 is 0 Å². The van der Waals surface area contributed by atoms with E-state index in [0.29, 0.717) is 41.5 Å². The molecule has 0 amide bonds. The van der Waals surface area contributed by atoms with Crippen LogP contribution in [0.25, 0.3) is 11.0 Å². The van der Waals surface area contributed by atoms with Crippen LogP contribution < -0.4 is 16.1 Å². The average molecular weight is 302 g/mol. The van der Waals surface area contributed by atoms with Gasteiger partial charge in [-0.1, -0.05) is 0 Å². The maximum absolute atomic E-state index is 14.5. The van der Waals surface area contributed by atoms with Crippen LogP contribution in [0.1, 0.15) is 30.9 Å². The maximum Gasteiger partial charge on any atom is 0.194 e. The van der Waals surface area contributed by atoms with Gasteiger partial charge in [-0.25, -0.2) is 9.37 Å². The predicted octanol–water partition coefficient (Wildman–Crippen LogP) is 1.72. The molecule has 1 aliphatic heterocycles. The average Bonchev–Trinajstić information content (AvgIpc) is 3.24. The van der Waals surface area contributed by atoms with Gasteiger partial charge in [0, 0.05) is 36.9 Å². The number of hydrogen-bond acceptors (Lipinski definition) is 4. The molecule has 0 unspecified atom stereocenters. The van der Waals surface area contributed by atoms with Gasteiger partial charge in [-0.05, 0) is 32.3 Å². The Labute approximate surface area is 127 Å². The van der Waals surface area contributed by atoms with Crippen LogP contribution in [0.5, 0.6) is 0 Å². The van der Waals surface area contributed by atoms with E-state index in [4.69, 9.17) is 5.73 Å². The fraction of sp³-hybridized carbons (Fsp3) is 0.500. The fourth-order valence-corrected chi connectivity index (χ4v) is 3.21. The van der Waals surface area contributed by atoms with Gasteiger partial charge in [0.1, 0.15) is 5.65 Å². The molecule has 0 aromatic carbocycles. The van der Waals surface area contributed by atoms with Gasteiger partial charge >= 0.3 is 0 Å². The molecule has 4 rings (SSSR count). The summed E-state index contributed by atoms with van der Waals surface area (Å²) in [5.74, 6) is -0.121. The summed E-state index contributed by atoms with van der Waals surface area (Å²) in [6, 6.07) is 1.78. The third-order valence-electron chi connectivity index (χ3n) is 4.58. The third kappa shape index (κ3) is 2.09. The molecule has 2 aliphatic rings. The van der Waals surface area contributed by atoms with Gasteiger partial charge in [0.25, 0.3) is 0 Å². The highest BCUT2D eigenvalue weighted by Crippen LogP contribution is 2.37. The number of pyridine rings is 2. The van der Waals surface area contributed by atoms with E-state index < -0.39 is 5.82 Å². The Balaban J connectivity index is 1.93. The molecular formula is C16H19FN4O. The van der Waals surface area contributed by atoms with Crippen LogP contribution in [0.3, 0.4) is 0 Å². The lowest BCUT2D eigenvalue weighted by Gasteiger charge is -2.19. The van der Waals surface area contributed by atoms with Gasteiger partial charge in [-0.15, -0.1) is 0 Å². The van der Waals surface area contributed by atoms with Crippen LogP contribution in [0, 0.1) is 12.7 Å². The number of rotatable bonds is 2. The minimum absolute atomic E-state index is 0.0561. The van der Waals surface area contributed by atoms with Crippen molar-refractivity contribution < 1.29 is 4.39 Å². The van der Waals surface area contributed by atoms with E-state index in [0.717, 1.165) is 19.3 Å². The molecule has 2 fully saturated rings. The van der Waals surface area contributed by atoms with Crippen LogP contribution in [0.15, 0.2) is 17.1 Å². The molecule has 1 atom stereocenters. The van der Waals surface area contributed by atoms with Gasteiger partial charge in [0.2, 0.25) is 0 Å². The molecule has 2 aromatic rings. The normalized spacial score (nSPS) is 21.8. The standard InChI is InChI=1S/C16H19FN4O/c1-9-7-21(11-2-3-11)15-12(14(9)22)6-13(17)16(19-15)20-5-4-10(18)8-20/h6-7,10-11H,2-5,8,18H2,1H3/t10-/m0/s1. The Bertz CT molecular complexity index is 812. The van der Waals surface area contributed by atoms with E-state index in [1.165, 1.54) is 6.07 Å². The number of anilines is 1. The molecule has 1 saturated carbocycles. The van der Waals surface area contributed by atoms with Gasteiger partial charge < -0.3 is 15.2 Å². The quantitative estimate of drug-likeness (QED) is 0.917. The molecule has 2 aromatic heterocycles. The summed E-state index contributed by atoms with van der Waals surface area (Å²) in [5.41, 5.74) is 7.00. The molecule has 0 bridgehead atoms. The summed E-state index contributed by atoms with van der Waals surface area (Å²) in [4.78, 5) is 18.7. The lowest BCUT2D eigenvalue weighted by molar-refractivity contribution is 0.616. The molecule has 22 heavy (non-hydrogen) atoms. The van der Waals surface area contributed by atoms with Crippen LogP contribution in [0.2, 0.25) is 0 Å². The van der Waals surface area contributed by atoms with Crippen molar-refractivity contribution in [2.45, 2.75) is 38.3 Å². The molecule has 1 saturated heterocycles. The molecule has 0 radical (unpaired) electrons. The fourth-order valence-electron chi connectivity index (χ4n) is 3.21. The Morgan fingerprint density at radius 1 is 1.36 bits per heavy atom. The molecular weight excluding hydrogens is 283 g/mol. The summed E-state index contributed by atoms with van der Waals surface area (Å²) in [5, 5.41) is 0.372. The molecule has 0 spiro atoms. The molecule has 6 heteroatoms. The van der Waals surface area contributed by atoms with Crippen molar-refractivity contribution in [1.29, 1.82) is 0 Å². The zero-order valence-corrected chi connectivity index (χ0v) is 12.6. The predicted molar refractivity (Wildman–Crippen MR) is 83.8 cm³/mol. The van der Waals surface area contributed by atoms with Crippen molar-refractivity contribution in [2.24, 2.45) is 5.73 Å². The lowest BCUT2D eigenvalue weighted by atomic mass is 10.2. The van der Waals surface area contributed by atoms with Gasteiger partial charge in [-0.3, -0.25) is 4.79 Å². The largest absolute Gasteiger partial charge is 0.353 e. The summed E-state index contributed by atoms with van der Waals surface area (Å²) in [6.45, 7) is 3.08. The highest BCUT2D eigenvalue weighted by Gasteiger charge is 2.28. The second kappa shape index (κ2) is 4.78. The van der Waals surface area contributed by atoms with Crippen molar-refractivity contribution in [1.82, 2.24) is 9.55 Å². The zero-order valence-electron chi connectivity index (χ0n) is 12.6. The number of nitrogens with zero attached hydrogens (tertiary/aromatic N) is 3. The Morgan fingerprint density at radius 2 is 2.14 bits per heavy atom. The second-order valence-electron chi connectivity index (χ2n) is 6.44. The summed E-state index contributed by atoms with van der Waals surface area (Å²) in [7, 11) is 0. The van der Waals surface area contributed by atoms with Crippen LogP contribution in [-0.2, 0) is 0 Å². The summed E-state index contributed by atoms with van der Waals surface area (Å²) >= 11 is 0. The molecule has 5 nitrogen and oxygen atoms in total. The minimum atomic E-state index is -0.438. The SMILES string of the molecule is Cc1cn(C2CC2)c2nc(N3CC[C@H](N)C3)c(F)cc2c1=O. The van der Waals surface area contributed by atoms with Crippen LogP contribution in [-0.4, -0.2) is 28.7 Å². The van der Waals surface area contributed by atoms with Gasteiger partial charge in [0.05, 0.1) is 5.39 Å². The van der Waals surface area contributed by atoms with E-state index in [-0.39, 0.29) is 11.5 Å². The molecule has 2 N–H and O–H groups in total. The number of halogens is 1. The van der Waals surface area contributed by atoms with Gasteiger partial charge in [0.15, 0.2) is 17.1 Å². The molecule has 116 valence electrons. The molecule has 3 heterocycles. The summed E-state index contributed by atoms with van der Waals surface area (Å²) < 4.78 is 16.5. The number of fused-ring (bicyclic) bond motifs is 1. The van der Waals surface area contributed by atoms with E-state index in [1.54, 1.807) is 6.92 Å². The smallest absolute Gasteiger partial charge is 0.194 e. The Morgan fingerprint density at radius 3 is 2.77 bits per heavy atom. The first-order chi connectivity index (χ1) is 10.5. The number of aryl methyl sites for hydroxylation is 1. The number of aromatic nitrogens is 2. The van der Waals surface area contributed by atoms with Crippen LogP contribution in [0.4, 0.5) is 10.2 Å². The maximum atomic E-state index is 14.5. The number of hydrogen-bond donors (Lipinski definition) is 1. The van der Waals surface area contributed by atoms with Gasteiger partial charge in [-0.2, -0.15) is 0 Å². The highest BCUT2D eigenvalue weighted by atomic mass is 19.1. The first-order valence-corrected chi connectivity index (χ1v) is 7.77. The van der Waals surface area contributed by atoms with Crippen molar-refractivity contribution in [3.8, 4) is 0 Å². The van der Waals surface area contributed by atoms with E-state index in [9.17, 15) is 9.18 Å². The first-order valence-electron chi connectivity index (χ1n) is 7.77. The third-order valence-corrected chi connectivity index (χ3v) is 4.58. The minimum Gasteiger partial charge on any atom is -0.353 e.